The topological polar surface area (TPSA) is 93.8 Å². The summed E-state index contributed by atoms with van der Waals surface area (Å²) in [6.07, 6.45) is 6.79. The number of nitrogen functional groups attached to an aromatic ring is 1. The molecule has 0 spiro atoms. The Morgan fingerprint density at radius 3 is 2.53 bits per heavy atom. The summed E-state index contributed by atoms with van der Waals surface area (Å²) in [5, 5.41) is 2.82. The van der Waals surface area contributed by atoms with Gasteiger partial charge in [-0.1, -0.05) is 29.8 Å². The van der Waals surface area contributed by atoms with Crippen LogP contribution in [0.3, 0.4) is 0 Å². The van der Waals surface area contributed by atoms with Crippen LogP contribution in [-0.2, 0) is 11.2 Å². The Balaban J connectivity index is 1.64. The minimum absolute atomic E-state index is 0.144. The first-order valence-electron chi connectivity index (χ1n) is 10.2. The van der Waals surface area contributed by atoms with Crippen LogP contribution in [0.5, 0.6) is 0 Å². The van der Waals surface area contributed by atoms with E-state index in [0.29, 0.717) is 34.5 Å². The third kappa shape index (κ3) is 4.78. The number of nitrogens with zero attached hydrogens (tertiary/aromatic N) is 3. The normalized spacial score (nSPS) is 10.7. The lowest BCUT2D eigenvalue weighted by atomic mass is 10.00. The van der Waals surface area contributed by atoms with E-state index in [4.69, 9.17) is 5.73 Å². The predicted octanol–water partition coefficient (Wildman–Crippen LogP) is 4.81. The molecule has 0 saturated carbocycles. The molecule has 1 amide bonds. The van der Waals surface area contributed by atoms with Crippen molar-refractivity contribution >= 4 is 17.4 Å². The summed E-state index contributed by atoms with van der Waals surface area (Å²) in [5.41, 5.74) is 10.7. The molecule has 0 aliphatic rings. The van der Waals surface area contributed by atoms with Crippen LogP contribution < -0.4 is 11.1 Å². The number of aryl methyl sites for hydroxylation is 2. The molecule has 4 aromatic rings. The average molecular weight is 427 g/mol. The minimum Gasteiger partial charge on any atom is -0.382 e. The standard InChI is InChI=1S/C25H22FN5O/c1-16-4-6-17(7-5-16)8-9-23(32)30-22-13-20(19-10-12-29-15-21(19)26)24(31-25(22)27)18-3-2-11-28-14-18/h2-7,10-15H,8-9H2,1H3,(H2,27,31)(H,30,32). The molecule has 32 heavy (non-hydrogen) atoms. The van der Waals surface area contributed by atoms with E-state index in [-0.39, 0.29) is 18.1 Å². The van der Waals surface area contributed by atoms with Gasteiger partial charge in [-0.25, -0.2) is 9.37 Å². The number of pyridine rings is 3. The first kappa shape index (κ1) is 21.1. The molecular formula is C25H22FN5O. The highest BCUT2D eigenvalue weighted by molar-refractivity contribution is 5.96. The Hall–Kier alpha value is -4.13. The maximum Gasteiger partial charge on any atom is 0.224 e. The van der Waals surface area contributed by atoms with Crippen LogP contribution in [0.2, 0.25) is 0 Å². The fraction of sp³-hybridized carbons (Fsp3) is 0.120. The predicted molar refractivity (Wildman–Crippen MR) is 123 cm³/mol. The molecule has 0 saturated heterocycles. The van der Waals surface area contributed by atoms with Gasteiger partial charge in [0, 0.05) is 41.7 Å². The molecule has 4 rings (SSSR count). The zero-order valence-corrected chi connectivity index (χ0v) is 17.5. The number of rotatable bonds is 6. The summed E-state index contributed by atoms with van der Waals surface area (Å²) in [6, 6.07) is 14.8. The van der Waals surface area contributed by atoms with Crippen molar-refractivity contribution in [3.8, 4) is 22.4 Å². The number of benzene rings is 1. The largest absolute Gasteiger partial charge is 0.382 e. The highest BCUT2D eigenvalue weighted by Gasteiger charge is 2.17. The van der Waals surface area contributed by atoms with Gasteiger partial charge in [-0.2, -0.15) is 0 Å². The zero-order valence-electron chi connectivity index (χ0n) is 17.5. The number of hydrogen-bond acceptors (Lipinski definition) is 5. The summed E-state index contributed by atoms with van der Waals surface area (Å²) >= 11 is 0. The van der Waals surface area contributed by atoms with E-state index in [0.717, 1.165) is 11.8 Å². The molecule has 1 aromatic carbocycles. The Kier molecular flexibility index (Phi) is 6.17. The maximum absolute atomic E-state index is 14.6. The van der Waals surface area contributed by atoms with Gasteiger partial charge in [-0.15, -0.1) is 0 Å². The lowest BCUT2D eigenvalue weighted by Gasteiger charge is -2.15. The number of carbonyl (C=O) groups excluding carboxylic acids is 1. The van der Waals surface area contributed by atoms with Crippen LogP contribution in [0, 0.1) is 12.7 Å². The number of amides is 1. The maximum atomic E-state index is 14.6. The molecule has 160 valence electrons. The molecule has 7 heteroatoms. The highest BCUT2D eigenvalue weighted by atomic mass is 19.1. The fourth-order valence-corrected chi connectivity index (χ4v) is 3.37. The van der Waals surface area contributed by atoms with Gasteiger partial charge in [0.05, 0.1) is 17.6 Å². The van der Waals surface area contributed by atoms with E-state index in [9.17, 15) is 9.18 Å². The summed E-state index contributed by atoms with van der Waals surface area (Å²) in [4.78, 5) is 25.0. The number of aromatic nitrogens is 3. The number of nitrogens with two attached hydrogens (primary N) is 1. The number of nitrogens with one attached hydrogen (secondary N) is 1. The van der Waals surface area contributed by atoms with Crippen molar-refractivity contribution in [2.24, 2.45) is 0 Å². The van der Waals surface area contributed by atoms with E-state index in [1.807, 2.05) is 37.3 Å². The van der Waals surface area contributed by atoms with Crippen LogP contribution in [-0.4, -0.2) is 20.9 Å². The second kappa shape index (κ2) is 9.34. The van der Waals surface area contributed by atoms with Crippen molar-refractivity contribution in [3.63, 3.8) is 0 Å². The smallest absolute Gasteiger partial charge is 0.224 e. The summed E-state index contributed by atoms with van der Waals surface area (Å²) in [5.74, 6) is -0.555. The monoisotopic (exact) mass is 427 g/mol. The number of hydrogen-bond donors (Lipinski definition) is 2. The molecule has 0 atom stereocenters. The molecule has 0 radical (unpaired) electrons. The van der Waals surface area contributed by atoms with Gasteiger partial charge >= 0.3 is 0 Å². The van der Waals surface area contributed by atoms with Crippen LogP contribution in [0.25, 0.3) is 22.4 Å². The van der Waals surface area contributed by atoms with Crippen molar-refractivity contribution in [3.05, 3.63) is 90.3 Å². The molecule has 6 nitrogen and oxygen atoms in total. The van der Waals surface area contributed by atoms with Crippen molar-refractivity contribution in [2.75, 3.05) is 11.1 Å². The van der Waals surface area contributed by atoms with Crippen LogP contribution in [0.15, 0.2) is 73.3 Å². The third-order valence-corrected chi connectivity index (χ3v) is 5.09. The van der Waals surface area contributed by atoms with Gasteiger partial charge in [0.25, 0.3) is 0 Å². The summed E-state index contributed by atoms with van der Waals surface area (Å²) in [7, 11) is 0. The first-order chi connectivity index (χ1) is 15.5. The van der Waals surface area contributed by atoms with Crippen LogP contribution in [0.4, 0.5) is 15.9 Å². The Morgan fingerprint density at radius 1 is 1.03 bits per heavy atom. The van der Waals surface area contributed by atoms with Crippen LogP contribution in [0.1, 0.15) is 17.5 Å². The summed E-state index contributed by atoms with van der Waals surface area (Å²) in [6.45, 7) is 2.02. The highest BCUT2D eigenvalue weighted by Crippen LogP contribution is 2.35. The third-order valence-electron chi connectivity index (χ3n) is 5.09. The van der Waals surface area contributed by atoms with E-state index < -0.39 is 5.82 Å². The van der Waals surface area contributed by atoms with Crippen molar-refractivity contribution < 1.29 is 9.18 Å². The fourth-order valence-electron chi connectivity index (χ4n) is 3.37. The van der Waals surface area contributed by atoms with Crippen LogP contribution >= 0.6 is 0 Å². The molecule has 3 aromatic heterocycles. The molecule has 0 unspecified atom stereocenters. The summed E-state index contributed by atoms with van der Waals surface area (Å²) < 4.78 is 14.6. The quantitative estimate of drug-likeness (QED) is 0.461. The second-order valence-corrected chi connectivity index (χ2v) is 7.45. The Morgan fingerprint density at radius 2 is 1.81 bits per heavy atom. The second-order valence-electron chi connectivity index (χ2n) is 7.45. The number of halogens is 1. The van der Waals surface area contributed by atoms with Gasteiger partial charge in [-0.3, -0.25) is 14.8 Å². The van der Waals surface area contributed by atoms with Crippen molar-refractivity contribution in [1.29, 1.82) is 0 Å². The van der Waals surface area contributed by atoms with E-state index in [2.05, 4.69) is 20.3 Å². The SMILES string of the molecule is Cc1ccc(CCC(=O)Nc2cc(-c3ccncc3F)c(-c3cccnc3)nc2N)cc1. The molecule has 0 bridgehead atoms. The molecule has 3 N–H and O–H groups in total. The van der Waals surface area contributed by atoms with E-state index in [1.54, 1.807) is 30.6 Å². The van der Waals surface area contributed by atoms with Gasteiger partial charge in [0.2, 0.25) is 5.91 Å². The zero-order chi connectivity index (χ0) is 22.5. The minimum atomic E-state index is -0.499. The van der Waals surface area contributed by atoms with E-state index >= 15 is 0 Å². The molecule has 3 heterocycles. The van der Waals surface area contributed by atoms with Crippen molar-refractivity contribution in [1.82, 2.24) is 15.0 Å². The lowest BCUT2D eigenvalue weighted by Crippen LogP contribution is -2.14. The molecular weight excluding hydrogens is 405 g/mol. The van der Waals surface area contributed by atoms with Gasteiger partial charge in [-0.05, 0) is 43.2 Å². The lowest BCUT2D eigenvalue weighted by molar-refractivity contribution is -0.116. The van der Waals surface area contributed by atoms with Gasteiger partial charge < -0.3 is 11.1 Å². The average Bonchev–Trinajstić information content (AvgIpc) is 2.81. The number of carbonyl (C=O) groups is 1. The number of anilines is 2. The Bertz CT molecular complexity index is 1240. The van der Waals surface area contributed by atoms with Gasteiger partial charge in [0.15, 0.2) is 0 Å². The molecule has 0 aliphatic heterocycles. The van der Waals surface area contributed by atoms with Gasteiger partial charge in [0.1, 0.15) is 11.6 Å². The Labute approximate surface area is 185 Å². The van der Waals surface area contributed by atoms with E-state index in [1.165, 1.54) is 11.8 Å². The molecule has 0 fully saturated rings. The first-order valence-corrected chi connectivity index (χ1v) is 10.2. The molecule has 0 aliphatic carbocycles. The van der Waals surface area contributed by atoms with Crippen molar-refractivity contribution in [2.45, 2.75) is 19.8 Å².